The van der Waals surface area contributed by atoms with E-state index in [1.165, 1.54) is 17.5 Å². The number of benzene rings is 2. The van der Waals surface area contributed by atoms with Crippen LogP contribution in [-0.2, 0) is 37.5 Å². The van der Waals surface area contributed by atoms with Crippen molar-refractivity contribution in [3.05, 3.63) is 93.8 Å². The van der Waals surface area contributed by atoms with Crippen molar-refractivity contribution in [3.63, 3.8) is 0 Å². The van der Waals surface area contributed by atoms with Crippen LogP contribution < -0.4 is 16.4 Å². The molecule has 2 aromatic carbocycles. The Morgan fingerprint density at radius 3 is 2.85 bits per heavy atom. The Bertz CT molecular complexity index is 1690. The third-order valence-corrected chi connectivity index (χ3v) is 7.32. The summed E-state index contributed by atoms with van der Waals surface area (Å²) in [4.78, 5) is 33.7. The van der Waals surface area contributed by atoms with Crippen molar-refractivity contribution in [2.75, 3.05) is 17.6 Å². The predicted octanol–water partition coefficient (Wildman–Crippen LogP) is 3.42. The molecule has 8 heteroatoms. The molecule has 1 aliphatic carbocycles. The minimum atomic E-state index is -0.0928. The molecule has 39 heavy (non-hydrogen) atoms. The van der Waals surface area contributed by atoms with Gasteiger partial charge in [-0.1, -0.05) is 30.0 Å². The summed E-state index contributed by atoms with van der Waals surface area (Å²) in [6, 6.07) is 15.6. The second-order valence-corrected chi connectivity index (χ2v) is 9.96. The Kier molecular flexibility index (Phi) is 6.33. The average molecular weight is 517 g/mol. The zero-order valence-electron chi connectivity index (χ0n) is 21.7. The highest BCUT2D eigenvalue weighted by Crippen LogP contribution is 2.28. The van der Waals surface area contributed by atoms with Gasteiger partial charge in [0, 0.05) is 43.2 Å². The smallest absolute Gasteiger partial charge is 0.253 e. The number of nitrogens with one attached hydrogen (secondary N) is 2. The molecule has 0 unspecified atom stereocenters. The number of carbonyl (C=O) groups excluding carboxylic acids is 2. The van der Waals surface area contributed by atoms with Gasteiger partial charge < -0.3 is 20.9 Å². The number of fused-ring (bicyclic) bond motifs is 2. The molecular weight excluding hydrogens is 488 g/mol. The van der Waals surface area contributed by atoms with Crippen molar-refractivity contribution < 1.29 is 9.59 Å². The highest BCUT2D eigenvalue weighted by Gasteiger charge is 2.24. The number of rotatable bonds is 4. The van der Waals surface area contributed by atoms with E-state index in [1.807, 2.05) is 48.0 Å². The van der Waals surface area contributed by atoms with Crippen molar-refractivity contribution in [2.24, 2.45) is 7.05 Å². The molecular formula is C31H28N6O2. The van der Waals surface area contributed by atoms with E-state index >= 15 is 0 Å². The van der Waals surface area contributed by atoms with Crippen molar-refractivity contribution in [2.45, 2.75) is 32.1 Å². The number of aromatic nitrogens is 3. The van der Waals surface area contributed by atoms with E-state index in [1.54, 1.807) is 6.20 Å². The van der Waals surface area contributed by atoms with Crippen LogP contribution in [0.2, 0.25) is 0 Å². The first kappa shape index (κ1) is 24.4. The highest BCUT2D eigenvalue weighted by atomic mass is 16.2. The number of amides is 2. The molecule has 2 aromatic heterocycles. The topological polar surface area (TPSA) is 115 Å². The van der Waals surface area contributed by atoms with Crippen LogP contribution in [0.4, 0.5) is 11.6 Å². The molecule has 0 spiro atoms. The molecule has 0 saturated heterocycles. The number of hydrogen-bond donors (Lipinski definition) is 3. The van der Waals surface area contributed by atoms with Crippen LogP contribution in [0, 0.1) is 11.8 Å². The lowest BCUT2D eigenvalue weighted by atomic mass is 10.1. The van der Waals surface area contributed by atoms with Crippen LogP contribution in [0.15, 0.2) is 54.7 Å². The molecule has 0 fully saturated rings. The predicted molar refractivity (Wildman–Crippen MR) is 150 cm³/mol. The van der Waals surface area contributed by atoms with Gasteiger partial charge >= 0.3 is 0 Å². The lowest BCUT2D eigenvalue weighted by Gasteiger charge is -2.14. The van der Waals surface area contributed by atoms with E-state index in [4.69, 9.17) is 5.73 Å². The van der Waals surface area contributed by atoms with Gasteiger partial charge in [0.2, 0.25) is 11.9 Å². The normalized spacial score (nSPS) is 13.6. The first-order valence-electron chi connectivity index (χ1n) is 13.1. The standard InChI is InChI=1S/C31H28N6O2/c1-37-26-12-13-33-30(39)25(26)17-27(37)29-23(18-34-31(32)36-29)9-8-19-4-2-5-20(14-19)15-28(38)35-24-11-10-21-6-3-7-22(21)16-24/h2,4-5,10-11,14,16-18H,3,6-7,12-13,15H2,1H3,(H,33,39)(H,35,38)(H2,32,34,36). The van der Waals surface area contributed by atoms with E-state index in [0.29, 0.717) is 23.4 Å². The monoisotopic (exact) mass is 516 g/mol. The van der Waals surface area contributed by atoms with Crippen LogP contribution in [0.3, 0.4) is 0 Å². The summed E-state index contributed by atoms with van der Waals surface area (Å²) in [6.45, 7) is 0.601. The summed E-state index contributed by atoms with van der Waals surface area (Å²) >= 11 is 0. The summed E-state index contributed by atoms with van der Waals surface area (Å²) in [5.41, 5.74) is 14.6. The van der Waals surface area contributed by atoms with Gasteiger partial charge in [-0.2, -0.15) is 0 Å². The largest absolute Gasteiger partial charge is 0.368 e. The van der Waals surface area contributed by atoms with Crippen molar-refractivity contribution in [1.82, 2.24) is 19.9 Å². The number of nitrogens with two attached hydrogens (primary N) is 1. The molecule has 2 aliphatic rings. The molecule has 0 saturated carbocycles. The number of aryl methyl sites for hydroxylation is 2. The maximum absolute atomic E-state index is 12.7. The maximum Gasteiger partial charge on any atom is 0.253 e. The van der Waals surface area contributed by atoms with Gasteiger partial charge in [-0.3, -0.25) is 9.59 Å². The maximum atomic E-state index is 12.7. The van der Waals surface area contributed by atoms with Gasteiger partial charge in [0.15, 0.2) is 0 Å². The minimum absolute atomic E-state index is 0.0658. The first-order valence-corrected chi connectivity index (χ1v) is 13.1. The van der Waals surface area contributed by atoms with Crippen molar-refractivity contribution in [3.8, 4) is 23.2 Å². The lowest BCUT2D eigenvalue weighted by molar-refractivity contribution is -0.115. The van der Waals surface area contributed by atoms with Gasteiger partial charge in [-0.15, -0.1) is 0 Å². The number of nitrogens with zero attached hydrogens (tertiary/aromatic N) is 3. The molecule has 8 nitrogen and oxygen atoms in total. The quantitative estimate of drug-likeness (QED) is 0.360. The second kappa shape index (κ2) is 10.1. The van der Waals surface area contributed by atoms with Crippen LogP contribution in [0.1, 0.15) is 50.3 Å². The van der Waals surface area contributed by atoms with Crippen LogP contribution >= 0.6 is 0 Å². The summed E-state index contributed by atoms with van der Waals surface area (Å²) in [5, 5.41) is 5.90. The Morgan fingerprint density at radius 2 is 1.97 bits per heavy atom. The molecule has 3 heterocycles. The first-order chi connectivity index (χ1) is 18.9. The third-order valence-electron chi connectivity index (χ3n) is 7.32. The fourth-order valence-corrected chi connectivity index (χ4v) is 5.38. The van der Waals surface area contributed by atoms with Gasteiger partial charge in [0.25, 0.3) is 5.91 Å². The minimum Gasteiger partial charge on any atom is -0.368 e. The van der Waals surface area contributed by atoms with Gasteiger partial charge in [-0.25, -0.2) is 9.97 Å². The van der Waals surface area contributed by atoms with E-state index in [9.17, 15) is 9.59 Å². The number of hydrogen-bond acceptors (Lipinski definition) is 5. The number of carbonyl (C=O) groups is 2. The Hall–Kier alpha value is -4.90. The average Bonchev–Trinajstić information content (AvgIpc) is 3.53. The summed E-state index contributed by atoms with van der Waals surface area (Å²) in [5.74, 6) is 6.33. The fraction of sp³-hybridized carbons (Fsp3) is 0.226. The van der Waals surface area contributed by atoms with Gasteiger partial charge in [0.05, 0.1) is 23.2 Å². The molecule has 4 aromatic rings. The molecule has 4 N–H and O–H groups in total. The van der Waals surface area contributed by atoms with Gasteiger partial charge in [0.1, 0.15) is 5.69 Å². The molecule has 1 aliphatic heterocycles. The van der Waals surface area contributed by atoms with Crippen molar-refractivity contribution in [1.29, 1.82) is 0 Å². The molecule has 0 atom stereocenters. The van der Waals surface area contributed by atoms with E-state index < -0.39 is 0 Å². The zero-order chi connectivity index (χ0) is 26.9. The molecule has 0 bridgehead atoms. The van der Waals surface area contributed by atoms with Gasteiger partial charge in [-0.05, 0) is 66.3 Å². The summed E-state index contributed by atoms with van der Waals surface area (Å²) in [6.07, 6.45) is 5.96. The summed E-state index contributed by atoms with van der Waals surface area (Å²) < 4.78 is 1.97. The van der Waals surface area contributed by atoms with E-state index in [0.717, 1.165) is 47.5 Å². The molecule has 0 radical (unpaired) electrons. The molecule has 2 amide bonds. The Morgan fingerprint density at radius 1 is 1.10 bits per heavy atom. The fourth-order valence-electron chi connectivity index (χ4n) is 5.38. The van der Waals surface area contributed by atoms with Crippen LogP contribution in [-0.4, -0.2) is 32.9 Å². The molecule has 194 valence electrons. The lowest BCUT2D eigenvalue weighted by Crippen LogP contribution is -2.31. The Balaban J connectivity index is 1.23. The van der Waals surface area contributed by atoms with E-state index in [2.05, 4.69) is 44.6 Å². The number of anilines is 2. The van der Waals surface area contributed by atoms with Crippen molar-refractivity contribution >= 4 is 23.5 Å². The third kappa shape index (κ3) is 4.99. The SMILES string of the molecule is Cn1c(-c2nc(N)ncc2C#Cc2cccc(CC(=O)Nc3ccc4c(c3)CCC4)c2)cc2c1CCNC2=O. The van der Waals surface area contributed by atoms with E-state index in [-0.39, 0.29) is 24.2 Å². The zero-order valence-corrected chi connectivity index (χ0v) is 21.7. The Labute approximate surface area is 226 Å². The summed E-state index contributed by atoms with van der Waals surface area (Å²) in [7, 11) is 1.92. The van der Waals surface area contributed by atoms with Crippen LogP contribution in [0.5, 0.6) is 0 Å². The number of nitrogen functional groups attached to an aromatic ring is 1. The highest BCUT2D eigenvalue weighted by molar-refractivity contribution is 5.98. The second-order valence-electron chi connectivity index (χ2n) is 9.96. The van der Waals surface area contributed by atoms with Crippen LogP contribution in [0.25, 0.3) is 11.4 Å². The molecule has 6 rings (SSSR count).